The Bertz CT molecular complexity index is 683. The smallest absolute Gasteiger partial charge is 0.238 e. The topological polar surface area (TPSA) is 72.7 Å². The van der Waals surface area contributed by atoms with Gasteiger partial charge in [-0.05, 0) is 31.9 Å². The molecule has 1 N–H and O–H groups in total. The van der Waals surface area contributed by atoms with Crippen molar-refractivity contribution in [2.24, 2.45) is 7.05 Å². The van der Waals surface area contributed by atoms with Crippen LogP contribution in [0.5, 0.6) is 0 Å². The molecule has 0 radical (unpaired) electrons. The SMILES string of the molecule is C[C@@H](Sc1nnc(C2CC2)n1C)C(=O)Nc1ccc(Cl)cn1. The third-order valence-corrected chi connectivity index (χ3v) is 4.80. The van der Waals surface area contributed by atoms with Crippen LogP contribution in [0.4, 0.5) is 5.82 Å². The predicted molar refractivity (Wildman–Crippen MR) is 86.2 cm³/mol. The largest absolute Gasteiger partial charge is 0.310 e. The number of carbonyl (C=O) groups excluding carboxylic acids is 1. The van der Waals surface area contributed by atoms with Gasteiger partial charge in [-0.1, -0.05) is 23.4 Å². The molecule has 0 spiro atoms. The third kappa shape index (κ3) is 3.41. The average molecular weight is 338 g/mol. The summed E-state index contributed by atoms with van der Waals surface area (Å²) in [5.74, 6) is 1.90. The van der Waals surface area contributed by atoms with Crippen molar-refractivity contribution in [3.63, 3.8) is 0 Å². The Morgan fingerprint density at radius 1 is 1.45 bits per heavy atom. The summed E-state index contributed by atoms with van der Waals surface area (Å²) in [4.78, 5) is 16.3. The molecule has 8 heteroatoms. The van der Waals surface area contributed by atoms with Gasteiger partial charge >= 0.3 is 0 Å². The van der Waals surface area contributed by atoms with Crippen LogP contribution in [0.15, 0.2) is 23.5 Å². The summed E-state index contributed by atoms with van der Waals surface area (Å²) in [6.07, 6.45) is 3.85. The van der Waals surface area contributed by atoms with Crippen LogP contribution in [0, 0.1) is 0 Å². The molecule has 1 aliphatic carbocycles. The Balaban J connectivity index is 1.62. The number of anilines is 1. The van der Waals surface area contributed by atoms with Gasteiger partial charge in [-0.3, -0.25) is 4.79 Å². The molecule has 0 aliphatic heterocycles. The lowest BCUT2D eigenvalue weighted by atomic mass is 10.4. The quantitative estimate of drug-likeness (QED) is 0.849. The van der Waals surface area contributed by atoms with E-state index in [1.165, 1.54) is 30.8 Å². The first-order valence-electron chi connectivity index (χ1n) is 7.03. The van der Waals surface area contributed by atoms with Crippen molar-refractivity contribution in [1.29, 1.82) is 0 Å². The summed E-state index contributed by atoms with van der Waals surface area (Å²) in [6, 6.07) is 3.36. The van der Waals surface area contributed by atoms with Gasteiger partial charge in [0.05, 0.1) is 10.3 Å². The first-order chi connectivity index (χ1) is 10.5. The minimum atomic E-state index is -0.299. The molecule has 0 unspecified atom stereocenters. The van der Waals surface area contributed by atoms with Crippen LogP contribution >= 0.6 is 23.4 Å². The van der Waals surface area contributed by atoms with E-state index < -0.39 is 0 Å². The van der Waals surface area contributed by atoms with Crippen LogP contribution in [0.25, 0.3) is 0 Å². The van der Waals surface area contributed by atoms with Crippen LogP contribution in [0.3, 0.4) is 0 Å². The number of aromatic nitrogens is 4. The number of hydrogen-bond acceptors (Lipinski definition) is 5. The maximum atomic E-state index is 12.2. The summed E-state index contributed by atoms with van der Waals surface area (Å²) in [5.41, 5.74) is 0. The number of hydrogen-bond donors (Lipinski definition) is 1. The number of thioether (sulfide) groups is 1. The molecule has 0 aromatic carbocycles. The van der Waals surface area contributed by atoms with Gasteiger partial charge in [-0.25, -0.2) is 4.98 Å². The molecule has 1 atom stereocenters. The molecule has 1 amide bonds. The predicted octanol–water partition coefficient (Wildman–Crippen LogP) is 2.86. The zero-order valence-corrected chi connectivity index (χ0v) is 13.9. The first-order valence-corrected chi connectivity index (χ1v) is 8.28. The Morgan fingerprint density at radius 3 is 2.86 bits per heavy atom. The molecule has 1 aliphatic rings. The average Bonchev–Trinajstić information content (AvgIpc) is 3.27. The Morgan fingerprint density at radius 2 is 2.23 bits per heavy atom. The maximum absolute atomic E-state index is 12.2. The zero-order chi connectivity index (χ0) is 15.7. The van der Waals surface area contributed by atoms with Gasteiger partial charge < -0.3 is 9.88 Å². The number of nitrogens with zero attached hydrogens (tertiary/aromatic N) is 4. The van der Waals surface area contributed by atoms with Crippen molar-refractivity contribution in [3.8, 4) is 0 Å². The standard InChI is InChI=1S/C14H16ClN5OS/c1-8(13(21)17-11-6-5-10(15)7-16-11)22-14-19-18-12(20(14)2)9-3-4-9/h5-9H,3-4H2,1-2H3,(H,16,17,21)/t8-/m1/s1. The normalized spacial score (nSPS) is 15.6. The van der Waals surface area contributed by atoms with E-state index in [9.17, 15) is 4.79 Å². The second kappa shape index (κ2) is 6.26. The molecule has 2 aromatic heterocycles. The van der Waals surface area contributed by atoms with Gasteiger partial charge in [0.2, 0.25) is 5.91 Å². The number of rotatable bonds is 5. The van der Waals surface area contributed by atoms with Gasteiger partial charge in [0.1, 0.15) is 11.6 Å². The minimum Gasteiger partial charge on any atom is -0.310 e. The second-order valence-electron chi connectivity index (χ2n) is 5.29. The highest BCUT2D eigenvalue weighted by atomic mass is 35.5. The lowest BCUT2D eigenvalue weighted by molar-refractivity contribution is -0.115. The second-order valence-corrected chi connectivity index (χ2v) is 7.03. The molecule has 2 heterocycles. The lowest BCUT2D eigenvalue weighted by Gasteiger charge is -2.11. The van der Waals surface area contributed by atoms with Crippen molar-refractivity contribution in [1.82, 2.24) is 19.7 Å². The molecular weight excluding hydrogens is 322 g/mol. The van der Waals surface area contributed by atoms with Crippen molar-refractivity contribution in [2.45, 2.75) is 36.1 Å². The van der Waals surface area contributed by atoms with Gasteiger partial charge in [0.25, 0.3) is 0 Å². The van der Waals surface area contributed by atoms with Crippen molar-refractivity contribution in [3.05, 3.63) is 29.2 Å². The van der Waals surface area contributed by atoms with Gasteiger partial charge in [0, 0.05) is 19.2 Å². The van der Waals surface area contributed by atoms with E-state index in [0.29, 0.717) is 16.8 Å². The molecule has 0 bridgehead atoms. The Labute approximate surface area is 137 Å². The van der Waals surface area contributed by atoms with E-state index >= 15 is 0 Å². The number of halogens is 1. The van der Waals surface area contributed by atoms with Gasteiger partial charge in [-0.15, -0.1) is 10.2 Å². The number of nitrogens with one attached hydrogen (secondary N) is 1. The highest BCUT2D eigenvalue weighted by Crippen LogP contribution is 2.39. The molecule has 116 valence electrons. The fraction of sp³-hybridized carbons (Fsp3) is 0.429. The summed E-state index contributed by atoms with van der Waals surface area (Å²) in [5, 5.41) is 12.2. The Hall–Kier alpha value is -1.60. The highest BCUT2D eigenvalue weighted by molar-refractivity contribution is 8.00. The summed E-state index contributed by atoms with van der Waals surface area (Å²) >= 11 is 7.16. The molecule has 1 saturated carbocycles. The zero-order valence-electron chi connectivity index (χ0n) is 12.3. The Kier molecular flexibility index (Phi) is 4.35. The van der Waals surface area contributed by atoms with Crippen LogP contribution in [-0.2, 0) is 11.8 Å². The highest BCUT2D eigenvalue weighted by Gasteiger charge is 2.30. The maximum Gasteiger partial charge on any atom is 0.238 e. The number of pyridine rings is 1. The molecular formula is C14H16ClN5OS. The van der Waals surface area contributed by atoms with Gasteiger partial charge in [-0.2, -0.15) is 0 Å². The van der Waals surface area contributed by atoms with Crippen LogP contribution in [-0.4, -0.2) is 30.9 Å². The minimum absolute atomic E-state index is 0.129. The molecule has 3 rings (SSSR count). The van der Waals surface area contributed by atoms with E-state index in [4.69, 9.17) is 11.6 Å². The lowest BCUT2D eigenvalue weighted by Crippen LogP contribution is -2.23. The van der Waals surface area contributed by atoms with E-state index in [1.807, 2.05) is 18.5 Å². The number of carbonyl (C=O) groups is 1. The van der Waals surface area contributed by atoms with Gasteiger partial charge in [0.15, 0.2) is 5.16 Å². The summed E-state index contributed by atoms with van der Waals surface area (Å²) < 4.78 is 1.98. The van der Waals surface area contributed by atoms with E-state index in [0.717, 1.165) is 11.0 Å². The summed E-state index contributed by atoms with van der Waals surface area (Å²) in [6.45, 7) is 1.83. The van der Waals surface area contributed by atoms with Crippen LogP contribution in [0.2, 0.25) is 5.02 Å². The molecule has 2 aromatic rings. The molecule has 0 saturated heterocycles. The van der Waals surface area contributed by atoms with E-state index in [-0.39, 0.29) is 11.2 Å². The monoisotopic (exact) mass is 337 g/mol. The van der Waals surface area contributed by atoms with E-state index in [2.05, 4.69) is 20.5 Å². The van der Waals surface area contributed by atoms with Crippen LogP contribution < -0.4 is 5.32 Å². The van der Waals surface area contributed by atoms with Crippen LogP contribution in [0.1, 0.15) is 31.5 Å². The fourth-order valence-corrected chi connectivity index (χ4v) is 2.95. The van der Waals surface area contributed by atoms with Crippen molar-refractivity contribution >= 4 is 35.1 Å². The molecule has 22 heavy (non-hydrogen) atoms. The van der Waals surface area contributed by atoms with Crippen molar-refractivity contribution in [2.75, 3.05) is 5.32 Å². The van der Waals surface area contributed by atoms with E-state index in [1.54, 1.807) is 12.1 Å². The molecule has 6 nitrogen and oxygen atoms in total. The summed E-state index contributed by atoms with van der Waals surface area (Å²) in [7, 11) is 1.95. The molecule has 1 fully saturated rings. The third-order valence-electron chi connectivity index (χ3n) is 3.44. The number of amides is 1. The van der Waals surface area contributed by atoms with Crippen molar-refractivity contribution < 1.29 is 4.79 Å². The first kappa shape index (κ1) is 15.3. The fourth-order valence-electron chi connectivity index (χ4n) is 2.02.